The Kier molecular flexibility index (Phi) is 15.8. The van der Waals surface area contributed by atoms with Crippen LogP contribution in [-0.4, -0.2) is 83.1 Å². The molecular formula is C30H45FN2O5S. The van der Waals surface area contributed by atoms with E-state index in [1.54, 1.807) is 41.9 Å². The number of benzene rings is 1. The number of likely N-dealkylation sites (N-methyl/N-ethyl adjacent to an activating group) is 1. The number of nitrogens with zero attached hydrogens (tertiary/aromatic N) is 2. The molecule has 7 nitrogen and oxygen atoms in total. The van der Waals surface area contributed by atoms with Gasteiger partial charge in [-0.1, -0.05) is 56.9 Å². The van der Waals surface area contributed by atoms with Gasteiger partial charge in [-0.15, -0.1) is 0 Å². The third-order valence-electron chi connectivity index (χ3n) is 6.81. The highest BCUT2D eigenvalue weighted by Gasteiger charge is 2.28. The molecule has 1 aliphatic rings. The fraction of sp³-hybridized carbons (Fsp3) is 0.633. The molecular weight excluding hydrogens is 519 g/mol. The lowest BCUT2D eigenvalue weighted by molar-refractivity contribution is -0.151. The summed E-state index contributed by atoms with van der Waals surface area (Å²) in [5.74, 6) is 0.789. The van der Waals surface area contributed by atoms with Crippen LogP contribution in [0.5, 0.6) is 0 Å². The molecule has 1 saturated heterocycles. The fourth-order valence-corrected chi connectivity index (χ4v) is 5.30. The molecule has 2 rings (SSSR count). The fourth-order valence-electron chi connectivity index (χ4n) is 4.42. The van der Waals surface area contributed by atoms with Gasteiger partial charge in [0.25, 0.3) is 5.91 Å². The van der Waals surface area contributed by atoms with Gasteiger partial charge in [-0.05, 0) is 42.7 Å². The lowest BCUT2D eigenvalue weighted by Crippen LogP contribution is -2.34. The summed E-state index contributed by atoms with van der Waals surface area (Å²) in [4.78, 5) is 39.9. The van der Waals surface area contributed by atoms with E-state index in [-0.39, 0.29) is 42.7 Å². The van der Waals surface area contributed by atoms with E-state index >= 15 is 0 Å². The van der Waals surface area contributed by atoms with E-state index < -0.39 is 6.10 Å². The Morgan fingerprint density at radius 1 is 1.18 bits per heavy atom. The first kappa shape index (κ1) is 32.8. The topological polar surface area (TPSA) is 87.2 Å². The maximum Gasteiger partial charge on any atom is 0.306 e. The summed E-state index contributed by atoms with van der Waals surface area (Å²) in [5.41, 5.74) is 0.847. The minimum absolute atomic E-state index is 0.0389. The van der Waals surface area contributed by atoms with Gasteiger partial charge in [0.2, 0.25) is 5.91 Å². The molecule has 0 spiro atoms. The number of hydrogen-bond donors (Lipinski definition) is 1. The van der Waals surface area contributed by atoms with Crippen molar-refractivity contribution in [3.63, 3.8) is 0 Å². The van der Waals surface area contributed by atoms with Gasteiger partial charge in [-0.3, -0.25) is 14.4 Å². The van der Waals surface area contributed by atoms with Gasteiger partial charge in [0.15, 0.2) is 6.61 Å². The lowest BCUT2D eigenvalue weighted by atomic mass is 10.1. The first-order valence-electron chi connectivity index (χ1n) is 14.2. The Balaban J connectivity index is 1.57. The van der Waals surface area contributed by atoms with Crippen molar-refractivity contribution in [2.45, 2.75) is 83.3 Å². The standard InChI is InChI=1S/C30H45FN2O5S/c1-3-4-5-6-7-18-32(2)29(36)23-38-30(37)9-8-20-39-21-19-33-26(15-17-28(33)35)14-16-27(34)22-24-10-12-25(31)13-11-24/h10-14,16,26-27,34H,3-9,15,17-23H2,1-2H3/t26-,27+/m0/s1. The number of amides is 2. The number of halogens is 1. The predicted molar refractivity (Wildman–Crippen MR) is 154 cm³/mol. The van der Waals surface area contributed by atoms with Gasteiger partial charge in [0, 0.05) is 45.2 Å². The molecule has 0 saturated carbocycles. The van der Waals surface area contributed by atoms with Gasteiger partial charge in [0.1, 0.15) is 5.82 Å². The van der Waals surface area contributed by atoms with Crippen LogP contribution in [0.15, 0.2) is 36.4 Å². The highest BCUT2D eigenvalue weighted by Crippen LogP contribution is 2.21. The molecule has 0 bridgehead atoms. The second-order valence-electron chi connectivity index (χ2n) is 10.1. The van der Waals surface area contributed by atoms with Crippen LogP contribution in [0.4, 0.5) is 4.39 Å². The molecule has 9 heteroatoms. The summed E-state index contributed by atoms with van der Waals surface area (Å²) in [6.45, 7) is 3.25. The van der Waals surface area contributed by atoms with E-state index in [2.05, 4.69) is 6.92 Å². The molecule has 2 atom stereocenters. The average molecular weight is 565 g/mol. The van der Waals surface area contributed by atoms with Gasteiger partial charge >= 0.3 is 5.97 Å². The molecule has 1 N–H and O–H groups in total. The van der Waals surface area contributed by atoms with E-state index in [9.17, 15) is 23.9 Å². The zero-order valence-corrected chi connectivity index (χ0v) is 24.3. The maximum atomic E-state index is 13.1. The highest BCUT2D eigenvalue weighted by atomic mass is 32.2. The van der Waals surface area contributed by atoms with Crippen molar-refractivity contribution in [3.8, 4) is 0 Å². The molecule has 39 heavy (non-hydrogen) atoms. The number of rotatable bonds is 19. The Morgan fingerprint density at radius 2 is 1.92 bits per heavy atom. The molecule has 2 amide bonds. The van der Waals surface area contributed by atoms with Crippen molar-refractivity contribution >= 4 is 29.5 Å². The third-order valence-corrected chi connectivity index (χ3v) is 7.86. The number of ether oxygens (including phenoxy) is 1. The summed E-state index contributed by atoms with van der Waals surface area (Å²) in [6.07, 6.45) is 11.1. The highest BCUT2D eigenvalue weighted by molar-refractivity contribution is 7.99. The molecule has 1 aromatic rings. The Bertz CT molecular complexity index is 911. The van der Waals surface area contributed by atoms with Crippen molar-refractivity contribution in [1.82, 2.24) is 9.80 Å². The average Bonchev–Trinajstić information content (AvgIpc) is 3.27. The number of carbonyl (C=O) groups excluding carboxylic acids is 3. The minimum Gasteiger partial charge on any atom is -0.456 e. The van der Waals surface area contributed by atoms with Crippen LogP contribution in [-0.2, 0) is 25.5 Å². The van der Waals surface area contributed by atoms with Crippen LogP contribution in [0.1, 0.15) is 70.3 Å². The van der Waals surface area contributed by atoms with Crippen LogP contribution < -0.4 is 0 Å². The van der Waals surface area contributed by atoms with Crippen LogP contribution in [0, 0.1) is 5.82 Å². The van der Waals surface area contributed by atoms with Crippen molar-refractivity contribution < 1.29 is 28.6 Å². The van der Waals surface area contributed by atoms with E-state index in [1.807, 2.05) is 11.0 Å². The Morgan fingerprint density at radius 3 is 2.67 bits per heavy atom. The zero-order chi connectivity index (χ0) is 28.5. The van der Waals surface area contributed by atoms with Crippen molar-refractivity contribution in [2.24, 2.45) is 0 Å². The third kappa shape index (κ3) is 13.5. The molecule has 218 valence electrons. The number of unbranched alkanes of at least 4 members (excludes halogenated alkanes) is 4. The maximum absolute atomic E-state index is 13.1. The number of carbonyl (C=O) groups is 3. The van der Waals surface area contributed by atoms with E-state index in [1.165, 1.54) is 31.4 Å². The molecule has 0 aliphatic carbocycles. The monoisotopic (exact) mass is 564 g/mol. The number of likely N-dealkylation sites (tertiary alicyclic amines) is 1. The first-order chi connectivity index (χ1) is 18.8. The summed E-state index contributed by atoms with van der Waals surface area (Å²) < 4.78 is 18.2. The first-order valence-corrected chi connectivity index (χ1v) is 15.3. The second kappa shape index (κ2) is 18.8. The van der Waals surface area contributed by atoms with Crippen LogP contribution in [0.25, 0.3) is 0 Å². The molecule has 1 fully saturated rings. The second-order valence-corrected chi connectivity index (χ2v) is 11.3. The quantitative estimate of drug-likeness (QED) is 0.148. The normalized spacial score (nSPS) is 16.2. The van der Waals surface area contributed by atoms with E-state index in [0.29, 0.717) is 32.4 Å². The van der Waals surface area contributed by atoms with E-state index in [0.717, 1.165) is 36.3 Å². The zero-order valence-electron chi connectivity index (χ0n) is 23.5. The Hall–Kier alpha value is -2.39. The van der Waals surface area contributed by atoms with Gasteiger partial charge in [-0.25, -0.2) is 4.39 Å². The lowest BCUT2D eigenvalue weighted by Gasteiger charge is -2.22. The number of hydrogen-bond acceptors (Lipinski definition) is 6. The van der Waals surface area contributed by atoms with Crippen LogP contribution in [0.2, 0.25) is 0 Å². The summed E-state index contributed by atoms with van der Waals surface area (Å²) in [6, 6.07) is 6.03. The molecule has 1 heterocycles. The summed E-state index contributed by atoms with van der Waals surface area (Å²) in [7, 11) is 1.74. The molecule has 0 radical (unpaired) electrons. The molecule has 1 aliphatic heterocycles. The predicted octanol–water partition coefficient (Wildman–Crippen LogP) is 4.76. The molecule has 1 aromatic carbocycles. The van der Waals surface area contributed by atoms with Gasteiger partial charge < -0.3 is 19.6 Å². The summed E-state index contributed by atoms with van der Waals surface area (Å²) >= 11 is 1.68. The van der Waals surface area contributed by atoms with Crippen molar-refractivity contribution in [1.29, 1.82) is 0 Å². The van der Waals surface area contributed by atoms with Crippen LogP contribution >= 0.6 is 11.8 Å². The number of aliphatic hydroxyl groups excluding tert-OH is 1. The van der Waals surface area contributed by atoms with E-state index in [4.69, 9.17) is 4.74 Å². The smallest absolute Gasteiger partial charge is 0.306 e. The molecule has 0 aromatic heterocycles. The number of thioether (sulfide) groups is 1. The van der Waals surface area contributed by atoms with Crippen molar-refractivity contribution in [3.05, 3.63) is 47.8 Å². The van der Waals surface area contributed by atoms with Crippen molar-refractivity contribution in [2.75, 3.05) is 38.2 Å². The largest absolute Gasteiger partial charge is 0.456 e. The number of aliphatic hydroxyl groups is 1. The molecule has 0 unspecified atom stereocenters. The van der Waals surface area contributed by atoms with Crippen LogP contribution in [0.3, 0.4) is 0 Å². The SMILES string of the molecule is CCCCCCCN(C)C(=O)COC(=O)CCCSCCN1C(=O)CC[C@@H]1C=C[C@@H](O)Cc1ccc(F)cc1. The van der Waals surface area contributed by atoms with Gasteiger partial charge in [0.05, 0.1) is 12.1 Å². The Labute approximate surface area is 237 Å². The summed E-state index contributed by atoms with van der Waals surface area (Å²) in [5, 5.41) is 10.3. The minimum atomic E-state index is -0.701. The van der Waals surface area contributed by atoms with Gasteiger partial charge in [-0.2, -0.15) is 11.8 Å². The number of esters is 1.